The molecule has 1 heterocycles. The Morgan fingerprint density at radius 3 is 2.35 bits per heavy atom. The maximum absolute atomic E-state index is 12.6. The molecular weight excluding hydrogens is 316 g/mol. The average Bonchev–Trinajstić information content (AvgIpc) is 2.51. The Labute approximate surface area is 139 Å². The van der Waals surface area contributed by atoms with Crippen LogP contribution in [0.25, 0.3) is 0 Å². The van der Waals surface area contributed by atoms with E-state index in [1.54, 1.807) is 37.3 Å². The molecule has 0 aliphatic carbocycles. The minimum absolute atomic E-state index is 0.00283. The number of nitrogens with one attached hydrogen (secondary N) is 2. The summed E-state index contributed by atoms with van der Waals surface area (Å²) in [6.45, 7) is 2.03. The van der Waals surface area contributed by atoms with E-state index in [-0.39, 0.29) is 23.9 Å². The van der Waals surface area contributed by atoms with E-state index in [1.807, 2.05) is 0 Å². The van der Waals surface area contributed by atoms with Gasteiger partial charge in [-0.15, -0.1) is 0 Å². The highest BCUT2D eigenvalue weighted by molar-refractivity contribution is 7.80. The number of rotatable bonds is 6. The molecule has 122 valence electrons. The number of carbonyl (C=O) groups excluding carboxylic acids is 3. The van der Waals surface area contributed by atoms with Gasteiger partial charge in [-0.2, -0.15) is 0 Å². The van der Waals surface area contributed by atoms with E-state index in [2.05, 4.69) is 10.6 Å². The Kier molecular flexibility index (Phi) is 5.44. The highest BCUT2D eigenvalue weighted by atomic mass is 32.1. The molecule has 1 aromatic carbocycles. The molecule has 0 radical (unpaired) electrons. The van der Waals surface area contributed by atoms with Crippen LogP contribution in [0.15, 0.2) is 30.3 Å². The Morgan fingerprint density at radius 1 is 1.17 bits per heavy atom. The van der Waals surface area contributed by atoms with E-state index in [1.165, 1.54) is 0 Å². The normalized spacial score (nSPS) is 16.5. The van der Waals surface area contributed by atoms with Crippen LogP contribution in [0.5, 0.6) is 0 Å². The van der Waals surface area contributed by atoms with Crippen LogP contribution in [0.1, 0.15) is 31.7 Å². The molecule has 0 unspecified atom stereocenters. The molecule has 6 nitrogen and oxygen atoms in total. The van der Waals surface area contributed by atoms with Crippen molar-refractivity contribution in [2.75, 3.05) is 6.61 Å². The molecule has 0 bridgehead atoms. The molecule has 2 N–H and O–H groups in total. The standard InChI is InChI=1S/C16H18N2O4S/c1-2-22-12(19)9-6-10-16(11-7-4-3-5-8-11)13(20)17-15(23)18-14(16)21/h3-5,7-8H,2,6,9-10H2,1H3,(H2,17,18,20,21,23). The lowest BCUT2D eigenvalue weighted by molar-refractivity contribution is -0.144. The Balaban J connectivity index is 2.26. The van der Waals surface area contributed by atoms with E-state index in [4.69, 9.17) is 17.0 Å². The highest BCUT2D eigenvalue weighted by Crippen LogP contribution is 2.32. The molecule has 2 amide bonds. The van der Waals surface area contributed by atoms with Gasteiger partial charge in [-0.05, 0) is 37.5 Å². The fourth-order valence-electron chi connectivity index (χ4n) is 2.64. The van der Waals surface area contributed by atoms with Crippen LogP contribution >= 0.6 is 12.2 Å². The van der Waals surface area contributed by atoms with Crippen molar-refractivity contribution in [2.24, 2.45) is 0 Å². The molecule has 1 saturated heterocycles. The molecule has 1 fully saturated rings. The molecule has 0 atom stereocenters. The van der Waals surface area contributed by atoms with Crippen LogP contribution in [-0.4, -0.2) is 29.5 Å². The van der Waals surface area contributed by atoms with Gasteiger partial charge in [-0.3, -0.25) is 14.4 Å². The molecule has 0 aromatic heterocycles. The summed E-state index contributed by atoms with van der Waals surface area (Å²) in [4.78, 5) is 36.6. The number of esters is 1. The second kappa shape index (κ2) is 7.32. The summed E-state index contributed by atoms with van der Waals surface area (Å²) in [5.74, 6) is -1.29. The van der Waals surface area contributed by atoms with Crippen LogP contribution in [0.4, 0.5) is 0 Å². The number of thiocarbonyl (C=S) groups is 1. The van der Waals surface area contributed by atoms with Crippen molar-refractivity contribution >= 4 is 35.1 Å². The molecule has 0 spiro atoms. The molecular formula is C16H18N2O4S. The fraction of sp³-hybridized carbons (Fsp3) is 0.375. The first-order valence-corrected chi connectivity index (χ1v) is 7.79. The smallest absolute Gasteiger partial charge is 0.305 e. The first-order valence-electron chi connectivity index (χ1n) is 7.38. The Bertz CT molecular complexity index is 610. The maximum atomic E-state index is 12.6. The van der Waals surface area contributed by atoms with Crippen molar-refractivity contribution in [1.29, 1.82) is 0 Å². The Hall–Kier alpha value is -2.28. The molecule has 0 saturated carbocycles. The lowest BCUT2D eigenvalue weighted by Gasteiger charge is -2.35. The van der Waals surface area contributed by atoms with Gasteiger partial charge >= 0.3 is 5.97 Å². The maximum Gasteiger partial charge on any atom is 0.305 e. The predicted octanol–water partition coefficient (Wildman–Crippen LogP) is 1.19. The van der Waals surface area contributed by atoms with Crippen molar-refractivity contribution in [1.82, 2.24) is 10.6 Å². The van der Waals surface area contributed by atoms with Crippen molar-refractivity contribution in [3.05, 3.63) is 35.9 Å². The number of benzene rings is 1. The summed E-state index contributed by atoms with van der Waals surface area (Å²) in [5, 5.41) is 5.01. The zero-order valence-electron chi connectivity index (χ0n) is 12.8. The number of ether oxygens (including phenoxy) is 1. The fourth-order valence-corrected chi connectivity index (χ4v) is 2.83. The second-order valence-electron chi connectivity index (χ2n) is 5.17. The van der Waals surface area contributed by atoms with Gasteiger partial charge in [-0.1, -0.05) is 30.3 Å². The largest absolute Gasteiger partial charge is 0.466 e. The summed E-state index contributed by atoms with van der Waals surface area (Å²) in [7, 11) is 0. The minimum Gasteiger partial charge on any atom is -0.466 e. The van der Waals surface area contributed by atoms with Crippen LogP contribution in [0.3, 0.4) is 0 Å². The van der Waals surface area contributed by atoms with E-state index < -0.39 is 17.2 Å². The van der Waals surface area contributed by atoms with Crippen molar-refractivity contribution < 1.29 is 19.1 Å². The topological polar surface area (TPSA) is 84.5 Å². The molecule has 1 aromatic rings. The predicted molar refractivity (Wildman–Crippen MR) is 87.5 cm³/mol. The third-order valence-electron chi connectivity index (χ3n) is 3.73. The van der Waals surface area contributed by atoms with Gasteiger partial charge in [0.1, 0.15) is 0 Å². The minimum atomic E-state index is -1.39. The number of hydrogen-bond donors (Lipinski definition) is 2. The summed E-state index contributed by atoms with van der Waals surface area (Å²) < 4.78 is 4.88. The Morgan fingerprint density at radius 2 is 1.78 bits per heavy atom. The van der Waals surface area contributed by atoms with Crippen LogP contribution in [0.2, 0.25) is 0 Å². The van der Waals surface area contributed by atoms with Crippen molar-refractivity contribution in [2.45, 2.75) is 31.6 Å². The van der Waals surface area contributed by atoms with E-state index in [0.29, 0.717) is 18.6 Å². The molecule has 2 rings (SSSR count). The van der Waals surface area contributed by atoms with Crippen LogP contribution < -0.4 is 10.6 Å². The van der Waals surface area contributed by atoms with Crippen LogP contribution in [-0.2, 0) is 24.5 Å². The monoisotopic (exact) mass is 334 g/mol. The van der Waals surface area contributed by atoms with Crippen LogP contribution in [0, 0.1) is 0 Å². The molecule has 7 heteroatoms. The van der Waals surface area contributed by atoms with Gasteiger partial charge in [-0.25, -0.2) is 0 Å². The van der Waals surface area contributed by atoms with Gasteiger partial charge in [0.2, 0.25) is 11.8 Å². The first kappa shape index (κ1) is 17.1. The zero-order valence-corrected chi connectivity index (χ0v) is 13.6. The van der Waals surface area contributed by atoms with E-state index >= 15 is 0 Å². The quantitative estimate of drug-likeness (QED) is 0.464. The summed E-state index contributed by atoms with van der Waals surface area (Å²) in [6, 6.07) is 8.76. The highest BCUT2D eigenvalue weighted by Gasteiger charge is 2.50. The molecule has 23 heavy (non-hydrogen) atoms. The third kappa shape index (κ3) is 3.56. The van der Waals surface area contributed by atoms with Gasteiger partial charge in [0.25, 0.3) is 0 Å². The SMILES string of the molecule is CCOC(=O)CCCC1(c2ccccc2)C(=O)NC(=S)NC1=O. The van der Waals surface area contributed by atoms with Gasteiger partial charge in [0, 0.05) is 6.42 Å². The third-order valence-corrected chi connectivity index (χ3v) is 3.94. The summed E-state index contributed by atoms with van der Waals surface area (Å²) in [5.41, 5.74) is -0.822. The lowest BCUT2D eigenvalue weighted by Crippen LogP contribution is -2.64. The number of hydrogen-bond acceptors (Lipinski definition) is 5. The van der Waals surface area contributed by atoms with Crippen molar-refractivity contribution in [3.63, 3.8) is 0 Å². The summed E-state index contributed by atoms with van der Waals surface area (Å²) >= 11 is 4.86. The average molecular weight is 334 g/mol. The molecule has 1 aliphatic rings. The second-order valence-corrected chi connectivity index (χ2v) is 5.58. The van der Waals surface area contributed by atoms with Gasteiger partial charge in [0.15, 0.2) is 10.5 Å². The lowest BCUT2D eigenvalue weighted by atomic mass is 9.73. The van der Waals surface area contributed by atoms with Gasteiger partial charge < -0.3 is 15.4 Å². The number of carbonyl (C=O) groups is 3. The van der Waals surface area contributed by atoms with Gasteiger partial charge in [0.05, 0.1) is 6.61 Å². The van der Waals surface area contributed by atoms with E-state index in [9.17, 15) is 14.4 Å². The summed E-state index contributed by atoms with van der Waals surface area (Å²) in [6.07, 6.45) is 0.685. The zero-order chi connectivity index (χ0) is 16.9. The van der Waals surface area contributed by atoms with E-state index in [0.717, 1.165) is 0 Å². The first-order chi connectivity index (χ1) is 11.0. The molecule has 1 aliphatic heterocycles. The number of amides is 2. The van der Waals surface area contributed by atoms with Crippen molar-refractivity contribution in [3.8, 4) is 0 Å².